The second-order valence-corrected chi connectivity index (χ2v) is 2.69. The maximum atomic E-state index is 8.74. The minimum absolute atomic E-state index is 0. The van der Waals surface area contributed by atoms with Gasteiger partial charge in [0.1, 0.15) is 0 Å². The molecule has 90 valence electrons. The molecule has 10 N–H and O–H groups in total. The zero-order chi connectivity index (χ0) is 9.00. The van der Waals surface area contributed by atoms with Crippen LogP contribution < -0.4 is 12.3 Å². The molecule has 13 heteroatoms. The van der Waals surface area contributed by atoms with Gasteiger partial charge in [-0.1, -0.05) is 0 Å². The van der Waals surface area contributed by atoms with E-state index in [2.05, 4.69) is 0 Å². The van der Waals surface area contributed by atoms with Gasteiger partial charge < -0.3 is 12.3 Å². The Hall–Kier alpha value is 0.154. The second kappa shape index (κ2) is 10.2. The quantitative estimate of drug-likeness (QED) is 0.236. The summed E-state index contributed by atoms with van der Waals surface area (Å²) in [7, 11) is -9.33. The van der Waals surface area contributed by atoms with Crippen LogP contribution in [0.2, 0.25) is 0 Å². The van der Waals surface area contributed by atoms with Crippen molar-refractivity contribution in [1.82, 2.24) is 12.3 Å². The molecule has 0 radical (unpaired) electrons. The third-order valence-corrected chi connectivity index (χ3v) is 0. The van der Waals surface area contributed by atoms with E-state index in [0.29, 0.717) is 0 Å². The number of rotatable bonds is 0. The topological polar surface area (TPSA) is 219 Å². The van der Waals surface area contributed by atoms with Crippen LogP contribution in [0.3, 0.4) is 0 Å². The first kappa shape index (κ1) is 29.2. The van der Waals surface area contributed by atoms with E-state index in [-0.39, 0.29) is 28.8 Å². The normalized spacial score (nSPS) is 8.92. The predicted molar refractivity (Wildman–Crippen MR) is 38.4 cm³/mol. The Morgan fingerprint density at radius 2 is 0.615 bits per heavy atom. The van der Waals surface area contributed by atoms with Crippen molar-refractivity contribution in [3.05, 3.63) is 0 Å². The molecule has 0 fully saturated rings. The van der Waals surface area contributed by atoms with Crippen LogP contribution in [0.5, 0.6) is 0 Å². The average Bonchev–Trinajstić information content (AvgIpc) is 1.12. The first-order chi connectivity index (χ1) is 4.00. The second-order valence-electron chi connectivity index (χ2n) is 0.896. The Labute approximate surface area is 85.0 Å². The van der Waals surface area contributed by atoms with E-state index in [1.54, 1.807) is 0 Å². The molecule has 13 heavy (non-hydrogen) atoms. The van der Waals surface area contributed by atoms with Gasteiger partial charge in [0.05, 0.1) is 0 Å². The van der Waals surface area contributed by atoms with Crippen molar-refractivity contribution in [3.8, 4) is 0 Å². The maximum Gasteiger partial charge on any atom is 0.394 e. The molecule has 0 unspecified atom stereocenters. The molecule has 0 spiro atoms. The van der Waals surface area contributed by atoms with Gasteiger partial charge >= 0.3 is 20.8 Å². The standard InChI is InChI=1S/2H3N.Ni.2H2O4S/c;;;2*1-5(2,3)4/h2*1H3;;2*(H2,1,2,3,4). The minimum atomic E-state index is -4.67. The molecule has 0 amide bonds. The van der Waals surface area contributed by atoms with Gasteiger partial charge in [-0.3, -0.25) is 18.2 Å². The molecule has 0 aliphatic rings. The molecule has 0 heterocycles. The Kier molecular flexibility index (Phi) is 23.0. The van der Waals surface area contributed by atoms with Crippen LogP contribution in [0.15, 0.2) is 0 Å². The van der Waals surface area contributed by atoms with Crippen molar-refractivity contribution < 1.29 is 51.5 Å². The zero-order valence-electron chi connectivity index (χ0n) is 5.97. The molecule has 0 saturated heterocycles. The van der Waals surface area contributed by atoms with Gasteiger partial charge in [0.25, 0.3) is 0 Å². The van der Waals surface area contributed by atoms with Crippen LogP contribution in [0.1, 0.15) is 0 Å². The summed E-state index contributed by atoms with van der Waals surface area (Å²) in [4.78, 5) is 0. The third kappa shape index (κ3) is 53200. The molecular weight excluding hydrogens is 279 g/mol. The molecule has 0 aliphatic heterocycles. The van der Waals surface area contributed by atoms with Gasteiger partial charge in [0, 0.05) is 16.5 Å². The van der Waals surface area contributed by atoms with Crippen molar-refractivity contribution in [1.29, 1.82) is 0 Å². The van der Waals surface area contributed by atoms with E-state index in [1.165, 1.54) is 0 Å². The Morgan fingerprint density at radius 1 is 0.615 bits per heavy atom. The minimum Gasteiger partial charge on any atom is -0.344 e. The molecule has 0 atom stereocenters. The summed E-state index contributed by atoms with van der Waals surface area (Å²) in [5.74, 6) is 0. The van der Waals surface area contributed by atoms with Crippen molar-refractivity contribution in [3.63, 3.8) is 0 Å². The summed E-state index contributed by atoms with van der Waals surface area (Å²) in [6.45, 7) is 0. The number of hydrogen-bond donors (Lipinski definition) is 6. The van der Waals surface area contributed by atoms with Crippen molar-refractivity contribution in [2.45, 2.75) is 0 Å². The fourth-order valence-electron chi connectivity index (χ4n) is 0. The summed E-state index contributed by atoms with van der Waals surface area (Å²) < 4.78 is 63.2. The molecular formula is H10N2NiO8S2. The van der Waals surface area contributed by atoms with Crippen LogP contribution >= 0.6 is 0 Å². The Morgan fingerprint density at radius 3 is 0.615 bits per heavy atom. The molecule has 0 aromatic carbocycles. The number of hydrogen-bond acceptors (Lipinski definition) is 6. The van der Waals surface area contributed by atoms with E-state index < -0.39 is 20.8 Å². The molecule has 0 saturated carbocycles. The Balaban J connectivity index is -0.0000000267. The smallest absolute Gasteiger partial charge is 0.344 e. The Bertz CT molecular complexity index is 217. The van der Waals surface area contributed by atoms with Crippen molar-refractivity contribution in [2.75, 3.05) is 0 Å². The van der Waals surface area contributed by atoms with E-state index in [4.69, 9.17) is 35.0 Å². The zero-order valence-corrected chi connectivity index (χ0v) is 8.59. The molecule has 0 rings (SSSR count). The first-order valence-corrected chi connectivity index (χ1v) is 4.19. The van der Waals surface area contributed by atoms with Crippen LogP contribution in [0.4, 0.5) is 0 Å². The maximum absolute atomic E-state index is 8.74. The summed E-state index contributed by atoms with van der Waals surface area (Å²) >= 11 is 0. The van der Waals surface area contributed by atoms with E-state index >= 15 is 0 Å². The van der Waals surface area contributed by atoms with Gasteiger partial charge in [0.2, 0.25) is 0 Å². The summed E-state index contributed by atoms with van der Waals surface area (Å²) in [6, 6.07) is 0. The average molecular weight is 289 g/mol. The monoisotopic (exact) mass is 288 g/mol. The van der Waals surface area contributed by atoms with Gasteiger partial charge in [-0.15, -0.1) is 0 Å². The first-order valence-electron chi connectivity index (χ1n) is 1.40. The van der Waals surface area contributed by atoms with Gasteiger partial charge in [0.15, 0.2) is 0 Å². The molecule has 0 aromatic rings. The van der Waals surface area contributed by atoms with Crippen molar-refractivity contribution >= 4 is 20.8 Å². The SMILES string of the molecule is N.N.O=S(=O)(O)O.O=S(=O)(O)O.[Ni]. The molecule has 0 aromatic heterocycles. The largest absolute Gasteiger partial charge is 0.394 e. The van der Waals surface area contributed by atoms with Crippen molar-refractivity contribution in [2.24, 2.45) is 0 Å². The van der Waals surface area contributed by atoms with Crippen LogP contribution in [0, 0.1) is 0 Å². The summed E-state index contributed by atoms with van der Waals surface area (Å²) in [5, 5.41) is 0. The summed E-state index contributed by atoms with van der Waals surface area (Å²) in [6.07, 6.45) is 0. The van der Waals surface area contributed by atoms with Crippen LogP contribution in [-0.4, -0.2) is 35.0 Å². The predicted octanol–water partition coefficient (Wildman–Crippen LogP) is -0.984. The molecule has 10 nitrogen and oxygen atoms in total. The van der Waals surface area contributed by atoms with Crippen LogP contribution in [0.25, 0.3) is 0 Å². The van der Waals surface area contributed by atoms with E-state index in [1.807, 2.05) is 0 Å². The fraction of sp³-hybridized carbons (Fsp3) is 0. The van der Waals surface area contributed by atoms with Gasteiger partial charge in [-0.2, -0.15) is 16.8 Å². The van der Waals surface area contributed by atoms with Gasteiger partial charge in [-0.25, -0.2) is 0 Å². The van der Waals surface area contributed by atoms with E-state index in [0.717, 1.165) is 0 Å². The molecule has 0 aliphatic carbocycles. The van der Waals surface area contributed by atoms with Gasteiger partial charge in [-0.05, 0) is 0 Å². The van der Waals surface area contributed by atoms with E-state index in [9.17, 15) is 0 Å². The fourth-order valence-corrected chi connectivity index (χ4v) is 0. The van der Waals surface area contributed by atoms with Crippen LogP contribution in [-0.2, 0) is 37.3 Å². The third-order valence-electron chi connectivity index (χ3n) is 0. The summed E-state index contributed by atoms with van der Waals surface area (Å²) in [5.41, 5.74) is 0. The molecule has 0 bridgehead atoms.